The average Bonchev–Trinajstić information content (AvgIpc) is 4.04. The Morgan fingerprint density at radius 2 is 0.875 bits per heavy atom. The Bertz CT molecular complexity index is 3710. The van der Waals surface area contributed by atoms with Crippen LogP contribution in [0.1, 0.15) is 47.2 Å². The smallest absolute Gasteiger partial charge is 0.138 e. The van der Waals surface area contributed by atoms with Crippen molar-refractivity contribution in [1.82, 2.24) is 0 Å². The van der Waals surface area contributed by atoms with Gasteiger partial charge < -0.3 is 9.32 Å². The van der Waals surface area contributed by atoms with E-state index in [1.807, 2.05) is 0 Å². The number of anilines is 3. The zero-order valence-electron chi connectivity index (χ0n) is 35.6. The van der Waals surface area contributed by atoms with Crippen LogP contribution < -0.4 is 4.90 Å². The summed E-state index contributed by atoms with van der Waals surface area (Å²) in [5, 5.41) is 4.60. The van der Waals surface area contributed by atoms with Crippen molar-refractivity contribution >= 4 is 49.8 Å². The lowest BCUT2D eigenvalue weighted by molar-refractivity contribution is 0.660. The van der Waals surface area contributed by atoms with Gasteiger partial charge in [-0.1, -0.05) is 184 Å². The van der Waals surface area contributed by atoms with Gasteiger partial charge in [0.2, 0.25) is 0 Å². The van der Waals surface area contributed by atoms with Gasteiger partial charge in [0.05, 0.1) is 16.5 Å². The van der Waals surface area contributed by atoms with E-state index in [1.165, 1.54) is 77.5 Å². The fourth-order valence-electron chi connectivity index (χ4n) is 12.1. The monoisotopic (exact) mass is 815 g/mol. The molecule has 0 bridgehead atoms. The van der Waals surface area contributed by atoms with Crippen LogP contribution in [0.2, 0.25) is 0 Å². The number of hydrogen-bond donors (Lipinski definition) is 0. The molecule has 0 atom stereocenters. The third-order valence-corrected chi connectivity index (χ3v) is 14.9. The SMILES string of the molecule is CC1(C)c2ccccc2-c2ccc(N(c3ccc4c(c3)C3(c5ccccc5-c5ccccc53)c3ccccc3-4)c3cc(-c4ccccc4)cc4oc5ccc6ccccc6c5c34)cc21. The van der Waals surface area contributed by atoms with Gasteiger partial charge in [-0.15, -0.1) is 0 Å². The third kappa shape index (κ3) is 4.59. The Labute approximate surface area is 372 Å². The van der Waals surface area contributed by atoms with Gasteiger partial charge in [0, 0.05) is 22.2 Å². The molecule has 1 spiro atoms. The van der Waals surface area contributed by atoms with E-state index in [0.717, 1.165) is 50.1 Å². The van der Waals surface area contributed by atoms with Crippen molar-refractivity contribution in [2.75, 3.05) is 4.90 Å². The lowest BCUT2D eigenvalue weighted by Gasteiger charge is -2.33. The number of rotatable bonds is 4. The molecule has 0 radical (unpaired) electrons. The second-order valence-corrected chi connectivity index (χ2v) is 18.3. The van der Waals surface area contributed by atoms with Crippen molar-refractivity contribution in [2.24, 2.45) is 0 Å². The third-order valence-electron chi connectivity index (χ3n) is 14.9. The van der Waals surface area contributed by atoms with Crippen molar-refractivity contribution in [3.8, 4) is 44.5 Å². The van der Waals surface area contributed by atoms with E-state index in [9.17, 15) is 0 Å². The molecule has 0 unspecified atom stereocenters. The predicted octanol–water partition coefficient (Wildman–Crippen LogP) is 16.5. The van der Waals surface area contributed by atoms with E-state index in [-0.39, 0.29) is 5.41 Å². The summed E-state index contributed by atoms with van der Waals surface area (Å²) in [4.78, 5) is 2.54. The lowest BCUT2D eigenvalue weighted by atomic mass is 9.70. The van der Waals surface area contributed by atoms with E-state index in [2.05, 4.69) is 231 Å². The summed E-state index contributed by atoms with van der Waals surface area (Å²) >= 11 is 0. The molecule has 1 aromatic heterocycles. The van der Waals surface area contributed by atoms with Crippen molar-refractivity contribution < 1.29 is 4.42 Å². The zero-order chi connectivity index (χ0) is 42.3. The second-order valence-electron chi connectivity index (χ2n) is 18.3. The summed E-state index contributed by atoms with van der Waals surface area (Å²) < 4.78 is 6.98. The van der Waals surface area contributed by atoms with E-state index in [4.69, 9.17) is 4.42 Å². The molecule has 1 heterocycles. The Morgan fingerprint density at radius 3 is 1.53 bits per heavy atom. The molecule has 14 rings (SSSR count). The molecule has 3 aliphatic carbocycles. The van der Waals surface area contributed by atoms with Crippen LogP contribution in [0.15, 0.2) is 217 Å². The van der Waals surface area contributed by atoms with Gasteiger partial charge in [0.25, 0.3) is 0 Å². The lowest BCUT2D eigenvalue weighted by Crippen LogP contribution is -2.26. The molecule has 0 saturated carbocycles. The van der Waals surface area contributed by atoms with Crippen LogP contribution >= 0.6 is 0 Å². The molecule has 0 aliphatic heterocycles. The van der Waals surface area contributed by atoms with Gasteiger partial charge >= 0.3 is 0 Å². The minimum Gasteiger partial charge on any atom is -0.456 e. The van der Waals surface area contributed by atoms with Crippen LogP contribution in [0.4, 0.5) is 17.1 Å². The second kappa shape index (κ2) is 12.8. The van der Waals surface area contributed by atoms with Gasteiger partial charge in [-0.3, -0.25) is 0 Å². The maximum atomic E-state index is 6.98. The maximum Gasteiger partial charge on any atom is 0.138 e. The van der Waals surface area contributed by atoms with E-state index in [0.29, 0.717) is 0 Å². The minimum atomic E-state index is -0.484. The Balaban J connectivity index is 1.11. The maximum absolute atomic E-state index is 6.98. The molecular weight excluding hydrogens is 775 g/mol. The first-order valence-electron chi connectivity index (χ1n) is 22.4. The highest BCUT2D eigenvalue weighted by Crippen LogP contribution is 2.64. The van der Waals surface area contributed by atoms with E-state index in [1.54, 1.807) is 0 Å². The molecule has 0 N–H and O–H groups in total. The highest BCUT2D eigenvalue weighted by Gasteiger charge is 2.51. The topological polar surface area (TPSA) is 16.4 Å². The molecule has 0 fully saturated rings. The summed E-state index contributed by atoms with van der Waals surface area (Å²) in [6.45, 7) is 4.75. The quantitative estimate of drug-likeness (QED) is 0.176. The molecule has 2 heteroatoms. The summed E-state index contributed by atoms with van der Waals surface area (Å²) in [6.07, 6.45) is 0. The normalized spacial score (nSPS) is 14.3. The van der Waals surface area contributed by atoms with Crippen LogP contribution in [-0.4, -0.2) is 0 Å². The molecule has 10 aromatic carbocycles. The molecular formula is C62H41NO. The number of benzene rings is 10. The summed E-state index contributed by atoms with van der Waals surface area (Å²) in [7, 11) is 0. The number of nitrogens with zero attached hydrogens (tertiary/aromatic N) is 1. The van der Waals surface area contributed by atoms with Crippen molar-refractivity contribution in [3.05, 3.63) is 246 Å². The van der Waals surface area contributed by atoms with Crippen LogP contribution in [-0.2, 0) is 10.8 Å². The number of fused-ring (bicyclic) bond motifs is 18. The fraction of sp³-hybridized carbons (Fsp3) is 0.0645. The predicted molar refractivity (Wildman–Crippen MR) is 265 cm³/mol. The van der Waals surface area contributed by atoms with Crippen LogP contribution in [0.5, 0.6) is 0 Å². The van der Waals surface area contributed by atoms with E-state index >= 15 is 0 Å². The van der Waals surface area contributed by atoms with Crippen LogP contribution in [0.25, 0.3) is 77.2 Å². The molecule has 64 heavy (non-hydrogen) atoms. The van der Waals surface area contributed by atoms with Crippen LogP contribution in [0.3, 0.4) is 0 Å². The largest absolute Gasteiger partial charge is 0.456 e. The van der Waals surface area contributed by atoms with Crippen LogP contribution in [0, 0.1) is 0 Å². The first kappa shape index (κ1) is 35.6. The van der Waals surface area contributed by atoms with Gasteiger partial charge in [0.1, 0.15) is 11.2 Å². The summed E-state index contributed by atoms with van der Waals surface area (Å²) in [5.41, 5.74) is 22.4. The van der Waals surface area contributed by atoms with Gasteiger partial charge in [0.15, 0.2) is 0 Å². The highest BCUT2D eigenvalue weighted by atomic mass is 16.3. The standard InChI is InChI=1S/C62H41NO/c1-61(2)50-24-12-8-20-44(50)48-31-29-41(36-54(48)61)63(56-34-40(38-16-4-3-5-17-38)35-58-60(56)59-43-19-7-6-18-39(43)28-33-57(59)64-58)42-30-32-49-47-23-11-15-27-53(47)62(55(49)37-42)51-25-13-9-21-45(51)46-22-10-14-26-52(46)62/h3-37H,1-2H3. The molecule has 0 saturated heterocycles. The van der Waals surface area contributed by atoms with Gasteiger partial charge in [-0.05, 0) is 131 Å². The first-order chi connectivity index (χ1) is 31.5. The van der Waals surface area contributed by atoms with Crippen molar-refractivity contribution in [3.63, 3.8) is 0 Å². The van der Waals surface area contributed by atoms with Crippen molar-refractivity contribution in [1.29, 1.82) is 0 Å². The van der Waals surface area contributed by atoms with E-state index < -0.39 is 5.41 Å². The van der Waals surface area contributed by atoms with Gasteiger partial charge in [-0.25, -0.2) is 0 Å². The highest BCUT2D eigenvalue weighted by molar-refractivity contribution is 6.24. The fourth-order valence-corrected chi connectivity index (χ4v) is 12.1. The molecule has 2 nitrogen and oxygen atoms in total. The average molecular weight is 816 g/mol. The molecule has 0 amide bonds. The minimum absolute atomic E-state index is 0.186. The molecule has 300 valence electrons. The number of furan rings is 1. The Kier molecular flexibility index (Phi) is 7.13. The molecule has 11 aromatic rings. The Hall–Kier alpha value is -7.94. The zero-order valence-corrected chi connectivity index (χ0v) is 35.6. The summed E-state index contributed by atoms with van der Waals surface area (Å²) in [6, 6.07) is 79.0. The van der Waals surface area contributed by atoms with Crippen molar-refractivity contribution in [2.45, 2.75) is 24.7 Å². The summed E-state index contributed by atoms with van der Waals surface area (Å²) in [5.74, 6) is 0. The van der Waals surface area contributed by atoms with Gasteiger partial charge in [-0.2, -0.15) is 0 Å². The number of hydrogen-bond acceptors (Lipinski definition) is 2. The molecule has 3 aliphatic rings. The first-order valence-corrected chi connectivity index (χ1v) is 22.4. The Morgan fingerprint density at radius 1 is 0.359 bits per heavy atom.